The minimum absolute atomic E-state index is 0.0517. The van der Waals surface area contributed by atoms with Gasteiger partial charge in [-0.05, 0) is 110 Å². The maximum absolute atomic E-state index is 14.5. The van der Waals surface area contributed by atoms with Crippen molar-refractivity contribution in [2.45, 2.75) is 60.6 Å². The van der Waals surface area contributed by atoms with E-state index in [1.807, 2.05) is 36.1 Å². The van der Waals surface area contributed by atoms with Crippen LogP contribution in [0.5, 0.6) is 0 Å². The third-order valence-corrected chi connectivity index (χ3v) is 14.8. The van der Waals surface area contributed by atoms with Gasteiger partial charge in [-0.15, -0.1) is 0 Å². The second-order valence-corrected chi connectivity index (χ2v) is 19.7. The van der Waals surface area contributed by atoms with Gasteiger partial charge < -0.3 is 9.32 Å². The molecule has 2 N–H and O–H groups in total. The molecule has 13 nitrogen and oxygen atoms in total. The van der Waals surface area contributed by atoms with Crippen LogP contribution in [0.3, 0.4) is 0 Å². The van der Waals surface area contributed by atoms with Crippen LogP contribution in [-0.4, -0.2) is 64.1 Å². The molecule has 1 saturated heterocycles. The average Bonchev–Trinajstić information content (AvgIpc) is 3.63. The first-order valence-corrected chi connectivity index (χ1v) is 23.5. The third kappa shape index (κ3) is 7.83. The van der Waals surface area contributed by atoms with Crippen LogP contribution in [0, 0.1) is 5.92 Å². The summed E-state index contributed by atoms with van der Waals surface area (Å²) in [6.45, 7) is 4.45. The van der Waals surface area contributed by atoms with Gasteiger partial charge in [-0.3, -0.25) is 13.9 Å². The Morgan fingerprint density at radius 3 is 2.22 bits per heavy atom. The van der Waals surface area contributed by atoms with E-state index in [9.17, 15) is 39.2 Å². The summed E-state index contributed by atoms with van der Waals surface area (Å²) in [4.78, 5) is 18.7. The summed E-state index contributed by atoms with van der Waals surface area (Å²) >= 11 is 0. The summed E-state index contributed by atoms with van der Waals surface area (Å²) in [7, 11) is -12.8. The van der Waals surface area contributed by atoms with Crippen LogP contribution < -0.4 is 10.3 Å². The quantitative estimate of drug-likeness (QED) is 0.102. The fourth-order valence-corrected chi connectivity index (χ4v) is 10.9. The number of nitrogens with zero attached hydrogens (tertiary/aromatic N) is 3. The van der Waals surface area contributed by atoms with Gasteiger partial charge in [0.2, 0.25) is 10.0 Å². The number of fused-ring (bicyclic) bond motifs is 3. The highest BCUT2D eigenvalue weighted by Crippen LogP contribution is 2.45. The molecule has 3 aliphatic heterocycles. The highest BCUT2D eigenvalue weighted by atomic mass is 32.2. The fourth-order valence-electron chi connectivity index (χ4n) is 8.18. The predicted molar refractivity (Wildman–Crippen MR) is 223 cm³/mol. The number of carbonyl (C=O) groups excluding carboxylic acids is 1. The molecule has 59 heavy (non-hydrogen) atoms. The lowest BCUT2D eigenvalue weighted by Crippen LogP contribution is -2.40. The molecule has 4 aromatic rings. The van der Waals surface area contributed by atoms with Crippen LogP contribution in [0.2, 0.25) is 0 Å². The lowest BCUT2D eigenvalue weighted by molar-refractivity contribution is -0.121. The SMILES string of the molecule is CCCc1cc(S(=O)(=O)O)ccc1N=c1ccc2c(-c3ccccc3S(=O)(=O)N3CCC(C(C)=O)CC3)c3ccc(N4CCc5cc(S(=O)(=O)O)ccc54)cc3oc-2c1. The molecule has 0 radical (unpaired) electrons. The molecule has 0 spiro atoms. The Bertz CT molecular complexity index is 3040. The van der Waals surface area contributed by atoms with E-state index in [0.29, 0.717) is 88.7 Å². The number of ketones is 1. The first-order chi connectivity index (χ1) is 28.0. The molecule has 8 rings (SSSR count). The van der Waals surface area contributed by atoms with Crippen LogP contribution in [0.1, 0.15) is 44.2 Å². The molecule has 4 aromatic carbocycles. The van der Waals surface area contributed by atoms with Crippen molar-refractivity contribution in [2.24, 2.45) is 10.9 Å². The molecule has 16 heteroatoms. The molecule has 0 bridgehead atoms. The lowest BCUT2D eigenvalue weighted by atomic mass is 9.93. The van der Waals surface area contributed by atoms with Gasteiger partial charge in [0.25, 0.3) is 20.2 Å². The zero-order valence-corrected chi connectivity index (χ0v) is 34.6. The Labute approximate surface area is 342 Å². The highest BCUT2D eigenvalue weighted by Gasteiger charge is 2.34. The lowest BCUT2D eigenvalue weighted by Gasteiger charge is -2.31. The van der Waals surface area contributed by atoms with Crippen LogP contribution in [0.4, 0.5) is 17.1 Å². The summed E-state index contributed by atoms with van der Waals surface area (Å²) in [5.74, 6) is 0.266. The Balaban J connectivity index is 1.31. The summed E-state index contributed by atoms with van der Waals surface area (Å²) in [6, 6.07) is 26.5. The van der Waals surface area contributed by atoms with Crippen molar-refractivity contribution in [1.29, 1.82) is 0 Å². The molecule has 4 aliphatic rings. The van der Waals surface area contributed by atoms with E-state index in [-0.39, 0.29) is 39.5 Å². The van der Waals surface area contributed by atoms with Crippen molar-refractivity contribution >= 4 is 64.1 Å². The molecule has 0 atom stereocenters. The maximum atomic E-state index is 14.5. The van der Waals surface area contributed by atoms with Gasteiger partial charge in [0.15, 0.2) is 0 Å². The minimum Gasteiger partial charge on any atom is -0.456 e. The summed E-state index contributed by atoms with van der Waals surface area (Å²) in [5, 5.41) is 1.12. The van der Waals surface area contributed by atoms with Gasteiger partial charge in [0.05, 0.1) is 25.7 Å². The van der Waals surface area contributed by atoms with Crippen LogP contribution in [0.15, 0.2) is 121 Å². The molecular weight excluding hydrogens is 815 g/mol. The number of Topliss-reactive ketones (excluding diaryl/α,β-unsaturated/α-hetero) is 1. The normalized spacial score (nSPS) is 15.9. The van der Waals surface area contributed by atoms with Crippen LogP contribution in [-0.2, 0) is 47.9 Å². The number of rotatable bonds is 10. The molecule has 1 fully saturated rings. The molecule has 0 amide bonds. The van der Waals surface area contributed by atoms with E-state index >= 15 is 0 Å². The van der Waals surface area contributed by atoms with Crippen LogP contribution >= 0.6 is 0 Å². The van der Waals surface area contributed by atoms with E-state index in [2.05, 4.69) is 0 Å². The topological polar surface area (TPSA) is 192 Å². The summed E-state index contributed by atoms with van der Waals surface area (Å²) in [6.07, 6.45) is 2.62. The second-order valence-electron chi connectivity index (χ2n) is 14.9. The van der Waals surface area contributed by atoms with E-state index in [0.717, 1.165) is 16.9 Å². The Morgan fingerprint density at radius 2 is 1.51 bits per heavy atom. The molecular formula is C43H41N3O10S3. The summed E-state index contributed by atoms with van der Waals surface area (Å²) < 4.78 is 104. The van der Waals surface area contributed by atoms with E-state index < -0.39 is 30.3 Å². The average molecular weight is 856 g/mol. The number of anilines is 2. The van der Waals surface area contributed by atoms with Gasteiger partial charge in [-0.1, -0.05) is 31.5 Å². The Hall–Kier alpha value is -5.23. The van der Waals surface area contributed by atoms with Crippen molar-refractivity contribution in [3.8, 4) is 22.5 Å². The third-order valence-electron chi connectivity index (χ3n) is 11.2. The van der Waals surface area contributed by atoms with Gasteiger partial charge in [-0.25, -0.2) is 13.4 Å². The minimum atomic E-state index is -4.43. The smallest absolute Gasteiger partial charge is 0.294 e. The number of piperidine rings is 1. The molecule has 306 valence electrons. The Kier molecular flexibility index (Phi) is 10.6. The van der Waals surface area contributed by atoms with Crippen LogP contribution in [0.25, 0.3) is 33.4 Å². The van der Waals surface area contributed by atoms with Crippen molar-refractivity contribution in [3.63, 3.8) is 0 Å². The number of aryl methyl sites for hydroxylation is 1. The molecule has 0 aromatic heterocycles. The van der Waals surface area contributed by atoms with Crippen molar-refractivity contribution in [3.05, 3.63) is 114 Å². The van der Waals surface area contributed by atoms with Gasteiger partial charge in [0.1, 0.15) is 17.1 Å². The van der Waals surface area contributed by atoms with Crippen molar-refractivity contribution in [2.75, 3.05) is 24.5 Å². The van der Waals surface area contributed by atoms with Crippen molar-refractivity contribution < 1.29 is 43.6 Å². The zero-order chi connectivity index (χ0) is 41.9. The zero-order valence-electron chi connectivity index (χ0n) is 32.2. The van der Waals surface area contributed by atoms with Gasteiger partial charge in [-0.2, -0.15) is 21.1 Å². The number of hydrogen-bond acceptors (Lipinski definition) is 10. The van der Waals surface area contributed by atoms with E-state index in [1.165, 1.54) is 35.5 Å². The molecule has 1 aliphatic carbocycles. The first kappa shape index (κ1) is 40.5. The second kappa shape index (κ2) is 15.4. The number of benzene rings is 5. The first-order valence-electron chi connectivity index (χ1n) is 19.2. The van der Waals surface area contributed by atoms with E-state index in [1.54, 1.807) is 48.5 Å². The predicted octanol–water partition coefficient (Wildman–Crippen LogP) is 7.57. The maximum Gasteiger partial charge on any atom is 0.294 e. The number of carbonyl (C=O) groups is 1. The van der Waals surface area contributed by atoms with Gasteiger partial charge >= 0.3 is 0 Å². The van der Waals surface area contributed by atoms with E-state index in [4.69, 9.17) is 9.41 Å². The molecule has 0 unspecified atom stereocenters. The number of sulfonamides is 1. The Morgan fingerprint density at radius 1 is 0.797 bits per heavy atom. The highest BCUT2D eigenvalue weighted by molar-refractivity contribution is 7.89. The molecule has 3 heterocycles. The van der Waals surface area contributed by atoms with Crippen molar-refractivity contribution in [1.82, 2.24) is 4.31 Å². The monoisotopic (exact) mass is 855 g/mol. The number of hydrogen-bond donors (Lipinski definition) is 2. The largest absolute Gasteiger partial charge is 0.456 e. The summed E-state index contributed by atoms with van der Waals surface area (Å²) in [5.41, 5.74) is 5.52. The van der Waals surface area contributed by atoms with Gasteiger partial charge in [0, 0.05) is 71.1 Å². The fraction of sp³-hybridized carbons (Fsp3) is 0.256. The standard InChI is InChI=1S/C43H41N3O10S3/c1-3-6-29-23-33(58(50,51)52)11-15-38(29)44-31-9-13-35-40(25-31)56-41-26-32(46-22-19-30-24-34(59(53,54)55)12-16-39(30)46)10-14-36(41)43(35)37-7-4-5-8-42(37)57(48,49)45-20-17-28(18-21-45)27(2)47/h4-5,7-16,23-26,28H,3,6,17-22H2,1-2H3,(H,50,51,52)(H,53,54,55). The molecule has 0 saturated carbocycles.